The topological polar surface area (TPSA) is 107 Å². The molecule has 0 fully saturated rings. The number of carbonyl (C=O) groups is 1. The summed E-state index contributed by atoms with van der Waals surface area (Å²) in [7, 11) is 3.18. The minimum atomic E-state index is -0.456. The average molecular weight is 469 g/mol. The molecule has 2 heterocycles. The minimum Gasteiger partial charge on any atom is -0.493 e. The summed E-state index contributed by atoms with van der Waals surface area (Å²) in [6.07, 6.45) is 0.735. The lowest BCUT2D eigenvalue weighted by Crippen LogP contribution is -2.39. The van der Waals surface area contributed by atoms with Crippen molar-refractivity contribution >= 4 is 17.1 Å². The molecule has 1 aromatic carbocycles. The number of fused-ring (bicyclic) bond motifs is 1. The van der Waals surface area contributed by atoms with Gasteiger partial charge in [0.15, 0.2) is 35.1 Å². The van der Waals surface area contributed by atoms with Gasteiger partial charge in [-0.15, -0.1) is 0 Å². The summed E-state index contributed by atoms with van der Waals surface area (Å²) in [5.41, 5.74) is 0.465. The predicted molar refractivity (Wildman–Crippen MR) is 126 cm³/mol. The summed E-state index contributed by atoms with van der Waals surface area (Å²) < 4.78 is 20.1. The second kappa shape index (κ2) is 10.7. The first-order valence-electron chi connectivity index (χ1n) is 11.0. The Labute approximate surface area is 196 Å². The van der Waals surface area contributed by atoms with E-state index >= 15 is 0 Å². The third-order valence-electron chi connectivity index (χ3n) is 5.17. The lowest BCUT2D eigenvalue weighted by atomic mass is 10.2. The molecule has 0 aliphatic heterocycles. The number of hydrogen-bond donors (Lipinski definition) is 0. The summed E-state index contributed by atoms with van der Waals surface area (Å²) >= 11 is 0. The fourth-order valence-corrected chi connectivity index (χ4v) is 3.43. The molecule has 0 saturated heterocycles. The van der Waals surface area contributed by atoms with Crippen LogP contribution in [-0.2, 0) is 29.7 Å². The smallest absolute Gasteiger partial charge is 0.344 e. The number of benzene rings is 1. The van der Waals surface area contributed by atoms with Gasteiger partial charge in [0.25, 0.3) is 5.56 Å². The zero-order chi connectivity index (χ0) is 24.8. The number of rotatable bonds is 8. The predicted octanol–water partition coefficient (Wildman–Crippen LogP) is 1.68. The van der Waals surface area contributed by atoms with Crippen LogP contribution in [0.4, 0.5) is 0 Å². The van der Waals surface area contributed by atoms with E-state index in [-0.39, 0.29) is 18.8 Å². The molecule has 2 aromatic heterocycles. The molecule has 0 atom stereocenters. The van der Waals surface area contributed by atoms with Crippen molar-refractivity contribution in [1.29, 1.82) is 0 Å². The zero-order valence-electron chi connectivity index (χ0n) is 20.0. The van der Waals surface area contributed by atoms with E-state index in [1.807, 2.05) is 13.8 Å². The second-order valence-corrected chi connectivity index (χ2v) is 7.37. The number of imidazole rings is 1. The van der Waals surface area contributed by atoms with Crippen LogP contribution < -0.4 is 20.7 Å². The van der Waals surface area contributed by atoms with Crippen molar-refractivity contribution in [1.82, 2.24) is 18.7 Å². The fourth-order valence-electron chi connectivity index (χ4n) is 3.43. The number of nitrogens with zero attached hydrogens (tertiary/aromatic N) is 4. The number of ether oxygens (including phenoxy) is 3. The maximum Gasteiger partial charge on any atom is 0.344 e. The molecule has 3 rings (SSSR count). The number of esters is 1. The van der Waals surface area contributed by atoms with E-state index in [4.69, 9.17) is 14.2 Å². The largest absolute Gasteiger partial charge is 0.493 e. The van der Waals surface area contributed by atoms with E-state index in [0.717, 1.165) is 6.42 Å². The summed E-state index contributed by atoms with van der Waals surface area (Å²) in [5, 5.41) is 0. The normalized spacial score (nSPS) is 10.6. The van der Waals surface area contributed by atoms with Crippen LogP contribution >= 0.6 is 0 Å². The van der Waals surface area contributed by atoms with Crippen molar-refractivity contribution in [3.63, 3.8) is 0 Å². The van der Waals surface area contributed by atoms with Gasteiger partial charge in [-0.1, -0.05) is 12.8 Å². The molecular weight excluding hydrogens is 440 g/mol. The molecular formula is C24H28N4O6. The molecule has 0 radical (unpaired) electrons. The van der Waals surface area contributed by atoms with Crippen LogP contribution in [0.5, 0.6) is 11.5 Å². The lowest BCUT2D eigenvalue weighted by Gasteiger charge is -2.10. The highest BCUT2D eigenvalue weighted by atomic mass is 16.6. The number of aryl methyl sites for hydroxylation is 2. The van der Waals surface area contributed by atoms with Crippen LogP contribution in [0.25, 0.3) is 11.2 Å². The van der Waals surface area contributed by atoms with Gasteiger partial charge in [-0.05, 0) is 44.4 Å². The Morgan fingerprint density at radius 2 is 1.79 bits per heavy atom. The maximum absolute atomic E-state index is 12.8. The van der Waals surface area contributed by atoms with E-state index in [9.17, 15) is 14.4 Å². The Morgan fingerprint density at radius 1 is 1.06 bits per heavy atom. The van der Waals surface area contributed by atoms with Crippen LogP contribution in [0.15, 0.2) is 27.8 Å². The SMILES string of the molecule is CCCOC(=O)COc1ccc(C#Cc2nc3c(c(=O)n(CC)c(=O)n3CC)n2C)cc1OC. The van der Waals surface area contributed by atoms with Crippen molar-refractivity contribution in [2.45, 2.75) is 40.3 Å². The summed E-state index contributed by atoms with van der Waals surface area (Å²) in [4.78, 5) is 41.6. The number of hydrogen-bond acceptors (Lipinski definition) is 7. The molecule has 3 aromatic rings. The van der Waals surface area contributed by atoms with Crippen LogP contribution in [0.1, 0.15) is 38.6 Å². The highest BCUT2D eigenvalue weighted by Gasteiger charge is 2.18. The van der Waals surface area contributed by atoms with E-state index in [1.165, 1.54) is 16.2 Å². The van der Waals surface area contributed by atoms with E-state index in [2.05, 4.69) is 16.8 Å². The van der Waals surface area contributed by atoms with Gasteiger partial charge < -0.3 is 18.8 Å². The van der Waals surface area contributed by atoms with E-state index < -0.39 is 11.5 Å². The second-order valence-electron chi connectivity index (χ2n) is 7.37. The van der Waals surface area contributed by atoms with E-state index in [0.29, 0.717) is 47.2 Å². The van der Waals surface area contributed by atoms with Gasteiger partial charge in [-0.3, -0.25) is 13.9 Å². The van der Waals surface area contributed by atoms with Crippen molar-refractivity contribution in [2.75, 3.05) is 20.3 Å². The van der Waals surface area contributed by atoms with E-state index in [1.54, 1.807) is 36.7 Å². The fraction of sp³-hybridized carbons (Fsp3) is 0.417. The first kappa shape index (κ1) is 24.6. The van der Waals surface area contributed by atoms with Gasteiger partial charge in [-0.2, -0.15) is 0 Å². The minimum absolute atomic E-state index is 0.227. The molecule has 0 aliphatic rings. The first-order valence-corrected chi connectivity index (χ1v) is 11.0. The molecule has 0 bridgehead atoms. The van der Waals surface area contributed by atoms with Gasteiger partial charge in [0.2, 0.25) is 0 Å². The average Bonchev–Trinajstić information content (AvgIpc) is 3.16. The van der Waals surface area contributed by atoms with Gasteiger partial charge >= 0.3 is 11.7 Å². The molecule has 0 N–H and O–H groups in total. The number of carbonyl (C=O) groups excluding carboxylic acids is 1. The molecule has 180 valence electrons. The molecule has 0 spiro atoms. The zero-order valence-corrected chi connectivity index (χ0v) is 20.0. The summed E-state index contributed by atoms with van der Waals surface area (Å²) in [6, 6.07) is 5.05. The van der Waals surface area contributed by atoms with Crippen LogP contribution in [0.2, 0.25) is 0 Å². The molecule has 0 unspecified atom stereocenters. The monoisotopic (exact) mass is 468 g/mol. The highest BCUT2D eigenvalue weighted by Crippen LogP contribution is 2.27. The quantitative estimate of drug-likeness (QED) is 0.366. The highest BCUT2D eigenvalue weighted by molar-refractivity contribution is 5.72. The van der Waals surface area contributed by atoms with Gasteiger partial charge in [0.1, 0.15) is 0 Å². The molecule has 0 amide bonds. The van der Waals surface area contributed by atoms with Crippen molar-refractivity contribution in [2.24, 2.45) is 7.05 Å². The number of methoxy groups -OCH3 is 1. The molecule has 10 nitrogen and oxygen atoms in total. The summed E-state index contributed by atoms with van der Waals surface area (Å²) in [6.45, 7) is 6.25. The summed E-state index contributed by atoms with van der Waals surface area (Å²) in [5.74, 6) is 6.65. The molecule has 0 saturated carbocycles. The van der Waals surface area contributed by atoms with Crippen LogP contribution in [-0.4, -0.2) is 45.0 Å². The van der Waals surface area contributed by atoms with Crippen LogP contribution in [0.3, 0.4) is 0 Å². The Balaban J connectivity index is 1.94. The Bertz CT molecular complexity index is 1390. The Hall–Kier alpha value is -4.00. The van der Waals surface area contributed by atoms with Gasteiger partial charge in [0.05, 0.1) is 13.7 Å². The molecule has 10 heteroatoms. The van der Waals surface area contributed by atoms with Gasteiger partial charge in [-0.25, -0.2) is 14.6 Å². The lowest BCUT2D eigenvalue weighted by molar-refractivity contribution is -0.146. The van der Waals surface area contributed by atoms with Gasteiger partial charge in [0, 0.05) is 25.7 Å². The van der Waals surface area contributed by atoms with Crippen molar-refractivity contribution in [3.8, 4) is 23.3 Å². The Kier molecular flexibility index (Phi) is 7.79. The maximum atomic E-state index is 12.8. The van der Waals surface area contributed by atoms with Crippen LogP contribution in [0, 0.1) is 11.8 Å². The molecule has 34 heavy (non-hydrogen) atoms. The van der Waals surface area contributed by atoms with Crippen molar-refractivity contribution < 1.29 is 19.0 Å². The Morgan fingerprint density at radius 3 is 2.44 bits per heavy atom. The molecule has 0 aliphatic carbocycles. The first-order chi connectivity index (χ1) is 16.4. The third kappa shape index (κ3) is 4.83. The third-order valence-corrected chi connectivity index (χ3v) is 5.17. The standard InChI is InChI=1S/C24H28N4O6/c1-6-13-33-20(29)15-34-17-11-9-16(14-18(17)32-5)10-12-19-25-22-21(26(19)4)23(30)28(8-3)24(31)27(22)7-2/h9,11,14H,6-8,13,15H2,1-5H3. The van der Waals surface area contributed by atoms with Crippen molar-refractivity contribution in [3.05, 3.63) is 50.4 Å². The number of aromatic nitrogens is 4.